The number of fused-ring (bicyclic) bond motifs is 1. The van der Waals surface area contributed by atoms with Crippen molar-refractivity contribution in [1.29, 1.82) is 0 Å². The van der Waals surface area contributed by atoms with Gasteiger partial charge in [-0.3, -0.25) is 14.4 Å². The topological polar surface area (TPSA) is 102 Å². The number of rotatable bonds is 8. The van der Waals surface area contributed by atoms with Crippen LogP contribution in [0.25, 0.3) is 0 Å². The monoisotopic (exact) mass is 356 g/mol. The first-order valence-electron chi connectivity index (χ1n) is 8.44. The molecule has 3 rings (SSSR count). The van der Waals surface area contributed by atoms with Crippen molar-refractivity contribution in [3.05, 3.63) is 42.5 Å². The maximum absolute atomic E-state index is 12.3. The molecule has 0 atom stereocenters. The van der Waals surface area contributed by atoms with Gasteiger partial charge in [-0.05, 0) is 24.6 Å². The Morgan fingerprint density at radius 3 is 3.00 bits per heavy atom. The number of benzene rings is 1. The molecule has 26 heavy (non-hydrogen) atoms. The van der Waals surface area contributed by atoms with Gasteiger partial charge in [0.05, 0.1) is 12.0 Å². The minimum atomic E-state index is -0.253. The van der Waals surface area contributed by atoms with Gasteiger partial charge in [-0.25, -0.2) is 4.98 Å². The number of aryl methyl sites for hydroxylation is 1. The molecule has 1 aliphatic heterocycles. The standard InChI is InChI=1S/C18H20N4O4/c23-15(13-2-4-16-14(10-13)21-18(25)11-26-16)3-5-17(24)20-6-1-8-22-9-7-19-12-22/h2,4,7,9-10,12H,1,3,5-6,8,11H2,(H,20,24)(H,21,25). The van der Waals surface area contributed by atoms with Crippen molar-refractivity contribution >= 4 is 23.3 Å². The van der Waals surface area contributed by atoms with Gasteiger partial charge in [-0.2, -0.15) is 0 Å². The number of nitrogens with zero attached hydrogens (tertiary/aromatic N) is 2. The summed E-state index contributed by atoms with van der Waals surface area (Å²) in [5.74, 6) is -0.0197. The molecule has 2 aromatic rings. The first kappa shape index (κ1) is 17.7. The van der Waals surface area contributed by atoms with Gasteiger partial charge < -0.3 is 19.9 Å². The van der Waals surface area contributed by atoms with Gasteiger partial charge in [0.15, 0.2) is 12.4 Å². The third-order valence-electron chi connectivity index (χ3n) is 3.99. The Kier molecular flexibility index (Phi) is 5.62. The lowest BCUT2D eigenvalue weighted by atomic mass is 10.0. The Morgan fingerprint density at radius 2 is 2.19 bits per heavy atom. The number of carbonyl (C=O) groups is 3. The molecule has 2 amide bonds. The van der Waals surface area contributed by atoms with Gasteiger partial charge in [0.2, 0.25) is 5.91 Å². The number of carbonyl (C=O) groups excluding carboxylic acids is 3. The Labute approximate surface area is 150 Å². The molecule has 1 aromatic carbocycles. The SMILES string of the molecule is O=C(CCC(=O)c1ccc2c(c1)NC(=O)CO2)NCCCn1ccnc1. The normalized spacial score (nSPS) is 12.7. The van der Waals surface area contributed by atoms with E-state index in [1.807, 2.05) is 10.8 Å². The van der Waals surface area contributed by atoms with Crippen molar-refractivity contribution < 1.29 is 19.1 Å². The molecule has 0 radical (unpaired) electrons. The number of hydrogen-bond acceptors (Lipinski definition) is 5. The second-order valence-corrected chi connectivity index (χ2v) is 5.97. The summed E-state index contributed by atoms with van der Waals surface area (Å²) in [7, 11) is 0. The predicted molar refractivity (Wildman–Crippen MR) is 94.0 cm³/mol. The van der Waals surface area contributed by atoms with Gasteiger partial charge in [0, 0.05) is 43.9 Å². The van der Waals surface area contributed by atoms with Crippen LogP contribution in [0.15, 0.2) is 36.9 Å². The minimum Gasteiger partial charge on any atom is -0.482 e. The van der Waals surface area contributed by atoms with Crippen molar-refractivity contribution in [3.63, 3.8) is 0 Å². The molecule has 1 aliphatic rings. The lowest BCUT2D eigenvalue weighted by Crippen LogP contribution is -2.26. The van der Waals surface area contributed by atoms with Gasteiger partial charge in [-0.1, -0.05) is 0 Å². The molecule has 0 unspecified atom stereocenters. The molecule has 0 saturated carbocycles. The second-order valence-electron chi connectivity index (χ2n) is 5.97. The highest BCUT2D eigenvalue weighted by atomic mass is 16.5. The molecule has 8 nitrogen and oxygen atoms in total. The van der Waals surface area contributed by atoms with E-state index < -0.39 is 0 Å². The van der Waals surface area contributed by atoms with Crippen molar-refractivity contribution in [3.8, 4) is 5.75 Å². The molecule has 8 heteroatoms. The molecular weight excluding hydrogens is 336 g/mol. The molecule has 2 heterocycles. The summed E-state index contributed by atoms with van der Waals surface area (Å²) in [4.78, 5) is 39.4. The number of ketones is 1. The molecule has 136 valence electrons. The predicted octanol–water partition coefficient (Wildman–Crippen LogP) is 1.38. The zero-order valence-electron chi connectivity index (χ0n) is 14.2. The van der Waals surface area contributed by atoms with Gasteiger partial charge in [-0.15, -0.1) is 0 Å². The summed E-state index contributed by atoms with van der Waals surface area (Å²) in [5.41, 5.74) is 0.929. The van der Waals surface area contributed by atoms with Crippen LogP contribution in [-0.4, -0.2) is 40.3 Å². The molecule has 2 N–H and O–H groups in total. The van der Waals surface area contributed by atoms with E-state index in [2.05, 4.69) is 15.6 Å². The maximum atomic E-state index is 12.3. The van der Waals surface area contributed by atoms with Gasteiger partial charge >= 0.3 is 0 Å². The minimum absolute atomic E-state index is 0.0265. The fourth-order valence-corrected chi connectivity index (χ4v) is 2.62. The average Bonchev–Trinajstić information content (AvgIpc) is 3.16. The van der Waals surface area contributed by atoms with Crippen LogP contribution in [0, 0.1) is 0 Å². The number of Topliss-reactive ketones (excluding diaryl/α,β-unsaturated/α-hetero) is 1. The van der Waals surface area contributed by atoms with E-state index in [1.165, 1.54) is 0 Å². The highest BCUT2D eigenvalue weighted by molar-refractivity contribution is 6.01. The fourth-order valence-electron chi connectivity index (χ4n) is 2.62. The van der Waals surface area contributed by atoms with Crippen LogP contribution < -0.4 is 15.4 Å². The number of ether oxygens (including phenoxy) is 1. The van der Waals surface area contributed by atoms with Crippen LogP contribution >= 0.6 is 0 Å². The summed E-state index contributed by atoms with van der Waals surface area (Å²) in [6.07, 6.45) is 6.34. The Balaban J connectivity index is 1.41. The van der Waals surface area contributed by atoms with Crippen molar-refractivity contribution in [1.82, 2.24) is 14.9 Å². The molecule has 0 spiro atoms. The number of aromatic nitrogens is 2. The Hall–Kier alpha value is -3.16. The van der Waals surface area contributed by atoms with Gasteiger partial charge in [0.1, 0.15) is 5.75 Å². The van der Waals surface area contributed by atoms with Crippen molar-refractivity contribution in [2.24, 2.45) is 0 Å². The number of nitrogens with one attached hydrogen (secondary N) is 2. The fraction of sp³-hybridized carbons (Fsp3) is 0.333. The summed E-state index contributed by atoms with van der Waals surface area (Å²) >= 11 is 0. The van der Waals surface area contributed by atoms with E-state index in [9.17, 15) is 14.4 Å². The molecule has 0 aliphatic carbocycles. The summed E-state index contributed by atoms with van der Waals surface area (Å²) in [5, 5.41) is 5.47. The Morgan fingerprint density at radius 1 is 1.31 bits per heavy atom. The van der Waals surface area contributed by atoms with Crippen LogP contribution in [0.1, 0.15) is 29.6 Å². The first-order chi connectivity index (χ1) is 12.6. The number of amides is 2. The van der Waals surface area contributed by atoms with E-state index in [-0.39, 0.29) is 37.0 Å². The van der Waals surface area contributed by atoms with Crippen LogP contribution in [0.4, 0.5) is 5.69 Å². The quantitative estimate of drug-likeness (QED) is 0.550. The Bertz CT molecular complexity index is 802. The van der Waals surface area contributed by atoms with Crippen molar-refractivity contribution in [2.45, 2.75) is 25.8 Å². The van der Waals surface area contributed by atoms with E-state index in [0.29, 0.717) is 23.5 Å². The largest absolute Gasteiger partial charge is 0.482 e. The third-order valence-corrected chi connectivity index (χ3v) is 3.99. The van der Waals surface area contributed by atoms with Crippen molar-refractivity contribution in [2.75, 3.05) is 18.5 Å². The van der Waals surface area contributed by atoms with E-state index in [0.717, 1.165) is 13.0 Å². The second kappa shape index (κ2) is 8.28. The van der Waals surface area contributed by atoms with E-state index in [4.69, 9.17) is 4.74 Å². The van der Waals surface area contributed by atoms with Crippen LogP contribution in [0.2, 0.25) is 0 Å². The maximum Gasteiger partial charge on any atom is 0.262 e. The number of anilines is 1. The van der Waals surface area contributed by atoms with E-state index in [1.54, 1.807) is 30.7 Å². The first-order valence-corrected chi connectivity index (χ1v) is 8.44. The third kappa shape index (κ3) is 4.69. The number of hydrogen-bond donors (Lipinski definition) is 2. The van der Waals surface area contributed by atoms with E-state index >= 15 is 0 Å². The van der Waals surface area contributed by atoms with Gasteiger partial charge in [0.25, 0.3) is 5.91 Å². The summed E-state index contributed by atoms with van der Waals surface area (Å²) in [6, 6.07) is 4.87. The van der Waals surface area contributed by atoms with Crippen LogP contribution in [-0.2, 0) is 16.1 Å². The molecule has 0 bridgehead atoms. The zero-order chi connectivity index (χ0) is 18.4. The molecular formula is C18H20N4O4. The molecule has 1 aromatic heterocycles. The summed E-state index contributed by atoms with van der Waals surface area (Å²) < 4.78 is 7.20. The number of imidazole rings is 1. The van der Waals surface area contributed by atoms with Crippen LogP contribution in [0.5, 0.6) is 5.75 Å². The highest BCUT2D eigenvalue weighted by Crippen LogP contribution is 2.28. The lowest BCUT2D eigenvalue weighted by molar-refractivity contribution is -0.121. The highest BCUT2D eigenvalue weighted by Gasteiger charge is 2.18. The molecule has 0 fully saturated rings. The summed E-state index contributed by atoms with van der Waals surface area (Å²) in [6.45, 7) is 1.30. The van der Waals surface area contributed by atoms with Crippen LogP contribution in [0.3, 0.4) is 0 Å². The zero-order valence-corrected chi connectivity index (χ0v) is 14.2. The average molecular weight is 356 g/mol. The smallest absolute Gasteiger partial charge is 0.262 e. The lowest BCUT2D eigenvalue weighted by Gasteiger charge is -2.18. The molecule has 0 saturated heterocycles.